The number of carbonyl (C=O) groups excluding carboxylic acids is 3. The number of amides is 2. The third kappa shape index (κ3) is 8.63. The highest BCUT2D eigenvalue weighted by molar-refractivity contribution is 9.10. The molecule has 0 saturated carbocycles. The molecule has 1 aliphatic heterocycles. The summed E-state index contributed by atoms with van der Waals surface area (Å²) < 4.78 is 28.7. The molecule has 40 heavy (non-hydrogen) atoms. The summed E-state index contributed by atoms with van der Waals surface area (Å²) in [6.45, 7) is 7.68. The molecule has 3 rings (SSSR count). The molecule has 0 unspecified atom stereocenters. The van der Waals surface area contributed by atoms with Crippen LogP contribution in [0.3, 0.4) is 0 Å². The second kappa shape index (κ2) is 15.3. The number of cyclic esters (lactones) is 1. The number of nitrogens with zero attached hydrogens (tertiary/aromatic N) is 1. The van der Waals surface area contributed by atoms with Gasteiger partial charge in [-0.2, -0.15) is 0 Å². The number of ether oxygens (including phenoxy) is 4. The maximum atomic E-state index is 13.3. The van der Waals surface area contributed by atoms with Crippen molar-refractivity contribution in [2.45, 2.75) is 65.4 Å². The molecule has 1 N–H and O–H groups in total. The van der Waals surface area contributed by atoms with E-state index in [1.54, 1.807) is 13.0 Å². The number of imide groups is 1. The molecule has 11 heteroatoms. The molecule has 1 aromatic heterocycles. The highest BCUT2D eigenvalue weighted by atomic mass is 79.9. The van der Waals surface area contributed by atoms with Crippen molar-refractivity contribution in [3.05, 3.63) is 58.0 Å². The highest BCUT2D eigenvalue weighted by Crippen LogP contribution is 2.35. The number of carbonyl (C=O) groups is 3. The van der Waals surface area contributed by atoms with Crippen molar-refractivity contribution >= 4 is 33.9 Å². The van der Waals surface area contributed by atoms with Gasteiger partial charge in [-0.3, -0.25) is 9.59 Å². The Labute approximate surface area is 243 Å². The SMILES string of the molecule is CC(=O)O[C@@H](c1cc(Br)c(CCCOC[C@@H](CO)OCc2ccccc2)o1)[C@@H](C)C(=O)N1C(=O)OC[C@H]1C(C)C. The van der Waals surface area contributed by atoms with Gasteiger partial charge >= 0.3 is 12.1 Å². The topological polar surface area (TPSA) is 125 Å². The van der Waals surface area contributed by atoms with Crippen LogP contribution in [0.5, 0.6) is 0 Å². The van der Waals surface area contributed by atoms with Crippen LogP contribution in [-0.4, -0.2) is 66.5 Å². The van der Waals surface area contributed by atoms with Crippen LogP contribution in [0.4, 0.5) is 4.79 Å². The number of hydrogen-bond acceptors (Lipinski definition) is 9. The number of benzene rings is 1. The Hall–Kier alpha value is -2.73. The molecule has 0 bridgehead atoms. The van der Waals surface area contributed by atoms with Gasteiger partial charge < -0.3 is 28.5 Å². The minimum absolute atomic E-state index is 0.00411. The number of esters is 1. The van der Waals surface area contributed by atoms with Crippen LogP contribution in [-0.2, 0) is 41.6 Å². The number of aliphatic hydroxyl groups excluding tert-OH is 1. The maximum absolute atomic E-state index is 13.3. The molecule has 0 radical (unpaired) electrons. The van der Waals surface area contributed by atoms with E-state index in [2.05, 4.69) is 15.9 Å². The van der Waals surface area contributed by atoms with Crippen LogP contribution < -0.4 is 0 Å². The largest absolute Gasteiger partial charge is 0.461 e. The number of aliphatic hydroxyl groups is 1. The van der Waals surface area contributed by atoms with Gasteiger partial charge in [0.2, 0.25) is 5.91 Å². The predicted molar refractivity (Wildman–Crippen MR) is 148 cm³/mol. The number of aryl methyl sites for hydroxylation is 1. The van der Waals surface area contributed by atoms with E-state index in [1.807, 2.05) is 44.2 Å². The average Bonchev–Trinajstić information content (AvgIpc) is 3.50. The summed E-state index contributed by atoms with van der Waals surface area (Å²) >= 11 is 3.49. The molecular weight excluding hydrogens is 586 g/mol. The fourth-order valence-electron chi connectivity index (χ4n) is 4.34. The molecule has 0 aliphatic carbocycles. The van der Waals surface area contributed by atoms with Crippen molar-refractivity contribution in [2.24, 2.45) is 11.8 Å². The van der Waals surface area contributed by atoms with Gasteiger partial charge in [-0.05, 0) is 46.8 Å². The zero-order valence-corrected chi connectivity index (χ0v) is 24.9. The van der Waals surface area contributed by atoms with Gasteiger partial charge in [0.15, 0.2) is 6.10 Å². The van der Waals surface area contributed by atoms with Gasteiger partial charge in [0, 0.05) is 20.0 Å². The molecule has 10 nitrogen and oxygen atoms in total. The first-order chi connectivity index (χ1) is 19.1. The fourth-order valence-corrected chi connectivity index (χ4v) is 4.85. The monoisotopic (exact) mass is 623 g/mol. The van der Waals surface area contributed by atoms with E-state index in [1.165, 1.54) is 6.92 Å². The van der Waals surface area contributed by atoms with E-state index in [0.29, 0.717) is 42.0 Å². The fraction of sp³-hybridized carbons (Fsp3) is 0.552. The van der Waals surface area contributed by atoms with Gasteiger partial charge in [0.25, 0.3) is 0 Å². The summed E-state index contributed by atoms with van der Waals surface area (Å²) in [4.78, 5) is 38.7. The zero-order chi connectivity index (χ0) is 29.2. The molecule has 1 aromatic carbocycles. The van der Waals surface area contributed by atoms with Crippen molar-refractivity contribution in [3.8, 4) is 0 Å². The van der Waals surface area contributed by atoms with E-state index in [0.717, 1.165) is 10.5 Å². The summed E-state index contributed by atoms with van der Waals surface area (Å²) in [5.74, 6) is -1.06. The maximum Gasteiger partial charge on any atom is 0.416 e. The minimum atomic E-state index is -1.03. The predicted octanol–water partition coefficient (Wildman–Crippen LogP) is 4.81. The van der Waals surface area contributed by atoms with Crippen LogP contribution >= 0.6 is 15.9 Å². The summed E-state index contributed by atoms with van der Waals surface area (Å²) in [7, 11) is 0. The van der Waals surface area contributed by atoms with Crippen molar-refractivity contribution in [2.75, 3.05) is 26.4 Å². The van der Waals surface area contributed by atoms with Crippen molar-refractivity contribution in [1.82, 2.24) is 4.90 Å². The Bertz CT molecular complexity index is 1120. The summed E-state index contributed by atoms with van der Waals surface area (Å²) in [5.41, 5.74) is 1.02. The van der Waals surface area contributed by atoms with Crippen LogP contribution in [0.2, 0.25) is 0 Å². The van der Waals surface area contributed by atoms with E-state index < -0.39 is 42.1 Å². The smallest absolute Gasteiger partial charge is 0.416 e. The highest BCUT2D eigenvalue weighted by Gasteiger charge is 2.44. The lowest BCUT2D eigenvalue weighted by Crippen LogP contribution is -2.45. The van der Waals surface area contributed by atoms with Gasteiger partial charge in [-0.1, -0.05) is 44.2 Å². The second-order valence-corrected chi connectivity index (χ2v) is 11.0. The van der Waals surface area contributed by atoms with E-state index >= 15 is 0 Å². The van der Waals surface area contributed by atoms with Gasteiger partial charge in [-0.25, -0.2) is 9.69 Å². The van der Waals surface area contributed by atoms with E-state index in [4.69, 9.17) is 23.4 Å². The number of halogens is 1. The molecule has 2 heterocycles. The summed E-state index contributed by atoms with van der Waals surface area (Å²) in [6, 6.07) is 11.0. The molecule has 2 amide bonds. The van der Waals surface area contributed by atoms with Crippen molar-refractivity contribution < 1.29 is 42.9 Å². The van der Waals surface area contributed by atoms with E-state index in [-0.39, 0.29) is 25.7 Å². The third-order valence-electron chi connectivity index (χ3n) is 6.63. The number of furan rings is 1. The first-order valence-electron chi connectivity index (χ1n) is 13.4. The molecular formula is C29H38BrNO9. The lowest BCUT2D eigenvalue weighted by atomic mass is 9.98. The molecule has 0 spiro atoms. The van der Waals surface area contributed by atoms with Crippen LogP contribution in [0.1, 0.15) is 57.3 Å². The van der Waals surface area contributed by atoms with Crippen LogP contribution in [0.15, 0.2) is 45.3 Å². The molecule has 4 atom stereocenters. The quantitative estimate of drug-likeness (QED) is 0.220. The first-order valence-corrected chi connectivity index (χ1v) is 14.2. The first kappa shape index (κ1) is 31.8. The van der Waals surface area contributed by atoms with Gasteiger partial charge in [0.1, 0.15) is 24.2 Å². The lowest BCUT2D eigenvalue weighted by Gasteiger charge is -2.28. The normalized spacial score (nSPS) is 17.5. The van der Waals surface area contributed by atoms with Crippen molar-refractivity contribution in [1.29, 1.82) is 0 Å². The second-order valence-electron chi connectivity index (χ2n) is 10.1. The zero-order valence-electron chi connectivity index (χ0n) is 23.3. The molecule has 2 aromatic rings. The third-order valence-corrected chi connectivity index (χ3v) is 7.31. The van der Waals surface area contributed by atoms with Gasteiger partial charge in [-0.15, -0.1) is 0 Å². The Morgan fingerprint density at radius 3 is 2.58 bits per heavy atom. The van der Waals surface area contributed by atoms with Crippen LogP contribution in [0, 0.1) is 11.8 Å². The van der Waals surface area contributed by atoms with Crippen LogP contribution in [0.25, 0.3) is 0 Å². The summed E-state index contributed by atoms with van der Waals surface area (Å²) in [5, 5.41) is 9.59. The number of hydrogen-bond donors (Lipinski definition) is 1. The van der Waals surface area contributed by atoms with Gasteiger partial charge in [0.05, 0.1) is 36.3 Å². The summed E-state index contributed by atoms with van der Waals surface area (Å²) in [6.07, 6.45) is -1.04. The lowest BCUT2D eigenvalue weighted by molar-refractivity contribution is -0.155. The molecule has 1 saturated heterocycles. The molecule has 1 aliphatic rings. The standard InChI is InChI=1S/C29H38BrNO9/c1-18(2)24-17-38-29(35)31(24)28(34)19(3)27(39-20(4)33)26-13-23(30)25(40-26)11-8-12-36-16-22(14-32)37-15-21-9-6-5-7-10-21/h5-7,9-10,13,18-19,22,24,27,32H,8,11-12,14-17H2,1-4H3/t19-,22-,24+,27-/m1/s1. The Balaban J connectivity index is 1.56. The minimum Gasteiger partial charge on any atom is -0.461 e. The Morgan fingerprint density at radius 1 is 1.20 bits per heavy atom. The molecule has 220 valence electrons. The Kier molecular flexibility index (Phi) is 12.2. The molecule has 1 fully saturated rings. The van der Waals surface area contributed by atoms with Crippen molar-refractivity contribution in [3.63, 3.8) is 0 Å². The Morgan fingerprint density at radius 2 is 1.93 bits per heavy atom. The average molecular weight is 625 g/mol. The van der Waals surface area contributed by atoms with E-state index in [9.17, 15) is 19.5 Å². The number of rotatable bonds is 15.